The standard InChI is InChI=1S/C8H17FO3S/c1-2-13(10,11)12-8-6-4-3-5-7-9/h2-8H2,1H3. The van der Waals surface area contributed by atoms with Crippen LogP contribution in [0, 0.1) is 0 Å². The zero-order valence-electron chi connectivity index (χ0n) is 7.96. The third-order valence-electron chi connectivity index (χ3n) is 1.64. The first-order valence-corrected chi connectivity index (χ1v) is 6.13. The molecule has 0 amide bonds. The molecule has 13 heavy (non-hydrogen) atoms. The number of rotatable bonds is 8. The van der Waals surface area contributed by atoms with Crippen molar-refractivity contribution >= 4 is 10.1 Å². The minimum Gasteiger partial charge on any atom is -0.270 e. The van der Waals surface area contributed by atoms with Crippen molar-refractivity contribution in [3.05, 3.63) is 0 Å². The van der Waals surface area contributed by atoms with Gasteiger partial charge in [-0.3, -0.25) is 8.57 Å². The Morgan fingerprint density at radius 1 is 1.15 bits per heavy atom. The predicted octanol–water partition coefficient (Wildman–Crippen LogP) is 1.88. The zero-order chi connectivity index (χ0) is 10.2. The first-order valence-electron chi connectivity index (χ1n) is 4.55. The lowest BCUT2D eigenvalue weighted by atomic mass is 10.2. The smallest absolute Gasteiger partial charge is 0.267 e. The van der Waals surface area contributed by atoms with Crippen LogP contribution >= 0.6 is 0 Å². The van der Waals surface area contributed by atoms with E-state index in [4.69, 9.17) is 0 Å². The van der Waals surface area contributed by atoms with Gasteiger partial charge in [0.05, 0.1) is 19.0 Å². The molecule has 0 bridgehead atoms. The van der Waals surface area contributed by atoms with Gasteiger partial charge in [0.2, 0.25) is 0 Å². The third-order valence-corrected chi connectivity index (χ3v) is 2.88. The summed E-state index contributed by atoms with van der Waals surface area (Å²) in [6, 6.07) is 0. The molecule has 0 aromatic carbocycles. The summed E-state index contributed by atoms with van der Waals surface area (Å²) >= 11 is 0. The quantitative estimate of drug-likeness (QED) is 0.456. The number of hydrogen-bond donors (Lipinski definition) is 0. The Morgan fingerprint density at radius 2 is 1.77 bits per heavy atom. The van der Waals surface area contributed by atoms with Crippen LogP contribution in [0.25, 0.3) is 0 Å². The number of alkyl halides is 1. The molecule has 0 atom stereocenters. The summed E-state index contributed by atoms with van der Waals surface area (Å²) in [6.07, 6.45) is 2.86. The summed E-state index contributed by atoms with van der Waals surface area (Å²) in [5.74, 6) is 0.0114. The number of hydrogen-bond acceptors (Lipinski definition) is 3. The van der Waals surface area contributed by atoms with Gasteiger partial charge >= 0.3 is 0 Å². The fourth-order valence-corrected chi connectivity index (χ4v) is 1.36. The Labute approximate surface area is 79.4 Å². The first-order chi connectivity index (χ1) is 6.12. The van der Waals surface area contributed by atoms with E-state index in [9.17, 15) is 12.8 Å². The van der Waals surface area contributed by atoms with Gasteiger partial charge < -0.3 is 0 Å². The van der Waals surface area contributed by atoms with Gasteiger partial charge in [-0.25, -0.2) is 0 Å². The van der Waals surface area contributed by atoms with Crippen LogP contribution in [-0.4, -0.2) is 27.5 Å². The molecular formula is C8H17FO3S. The molecule has 0 aliphatic carbocycles. The monoisotopic (exact) mass is 212 g/mol. The van der Waals surface area contributed by atoms with E-state index in [-0.39, 0.29) is 19.0 Å². The van der Waals surface area contributed by atoms with E-state index < -0.39 is 10.1 Å². The van der Waals surface area contributed by atoms with Gasteiger partial charge in [-0.15, -0.1) is 0 Å². The molecular weight excluding hydrogens is 195 g/mol. The van der Waals surface area contributed by atoms with Crippen LogP contribution in [0.1, 0.15) is 32.6 Å². The molecule has 0 aliphatic rings. The lowest BCUT2D eigenvalue weighted by Gasteiger charge is -2.02. The largest absolute Gasteiger partial charge is 0.270 e. The van der Waals surface area contributed by atoms with Crippen molar-refractivity contribution in [2.45, 2.75) is 32.6 Å². The molecule has 80 valence electrons. The highest BCUT2D eigenvalue weighted by Gasteiger charge is 2.05. The van der Waals surface area contributed by atoms with Crippen molar-refractivity contribution in [3.63, 3.8) is 0 Å². The summed E-state index contributed by atoms with van der Waals surface area (Å²) in [4.78, 5) is 0. The van der Waals surface area contributed by atoms with Gasteiger partial charge in [-0.1, -0.05) is 12.8 Å². The fraction of sp³-hybridized carbons (Fsp3) is 1.00. The summed E-state index contributed by atoms with van der Waals surface area (Å²) in [5, 5.41) is 0. The summed E-state index contributed by atoms with van der Waals surface area (Å²) in [5.41, 5.74) is 0. The van der Waals surface area contributed by atoms with Gasteiger partial charge in [0.1, 0.15) is 0 Å². The second-order valence-corrected chi connectivity index (χ2v) is 4.70. The van der Waals surface area contributed by atoms with E-state index in [0.717, 1.165) is 12.8 Å². The SMILES string of the molecule is CCS(=O)(=O)OCCCCCCF. The lowest BCUT2D eigenvalue weighted by molar-refractivity contribution is 0.305. The minimum absolute atomic E-state index is 0.0114. The molecule has 0 aliphatic heterocycles. The Morgan fingerprint density at radius 3 is 2.31 bits per heavy atom. The Balaban J connectivity index is 3.26. The molecule has 0 saturated heterocycles. The molecule has 5 heteroatoms. The topological polar surface area (TPSA) is 43.4 Å². The molecule has 0 N–H and O–H groups in total. The first kappa shape index (κ1) is 12.8. The van der Waals surface area contributed by atoms with Crippen LogP contribution in [0.15, 0.2) is 0 Å². The Kier molecular flexibility index (Phi) is 7.17. The van der Waals surface area contributed by atoms with Crippen LogP contribution in [0.5, 0.6) is 0 Å². The minimum atomic E-state index is -3.29. The van der Waals surface area contributed by atoms with E-state index in [2.05, 4.69) is 4.18 Å². The van der Waals surface area contributed by atoms with Crippen molar-refractivity contribution in [1.29, 1.82) is 0 Å². The van der Waals surface area contributed by atoms with Crippen LogP contribution in [0.2, 0.25) is 0 Å². The van der Waals surface area contributed by atoms with Crippen LogP contribution < -0.4 is 0 Å². The van der Waals surface area contributed by atoms with Gasteiger partial charge in [-0.05, 0) is 19.8 Å². The predicted molar refractivity (Wildman–Crippen MR) is 49.9 cm³/mol. The van der Waals surface area contributed by atoms with Gasteiger partial charge in [0.15, 0.2) is 0 Å². The average molecular weight is 212 g/mol. The number of halogens is 1. The second kappa shape index (κ2) is 7.26. The Bertz CT molecular complexity index is 201. The fourth-order valence-electron chi connectivity index (χ4n) is 0.819. The van der Waals surface area contributed by atoms with Gasteiger partial charge in [0, 0.05) is 0 Å². The normalized spacial score (nSPS) is 11.8. The highest BCUT2D eigenvalue weighted by molar-refractivity contribution is 7.86. The van der Waals surface area contributed by atoms with E-state index >= 15 is 0 Å². The summed E-state index contributed by atoms with van der Waals surface area (Å²) in [7, 11) is -3.29. The molecule has 0 spiro atoms. The third kappa shape index (κ3) is 8.18. The second-order valence-electron chi connectivity index (χ2n) is 2.77. The van der Waals surface area contributed by atoms with Crippen LogP contribution in [0.3, 0.4) is 0 Å². The molecule has 0 rings (SSSR count). The maximum Gasteiger partial charge on any atom is 0.267 e. The lowest BCUT2D eigenvalue weighted by Crippen LogP contribution is -2.09. The molecule has 0 aromatic heterocycles. The molecule has 3 nitrogen and oxygen atoms in total. The van der Waals surface area contributed by atoms with E-state index in [1.54, 1.807) is 6.92 Å². The van der Waals surface area contributed by atoms with Crippen molar-refractivity contribution < 1.29 is 17.0 Å². The molecule has 0 saturated carbocycles. The maximum absolute atomic E-state index is 11.6. The van der Waals surface area contributed by atoms with Crippen molar-refractivity contribution in [3.8, 4) is 0 Å². The van der Waals surface area contributed by atoms with E-state index in [0.29, 0.717) is 12.8 Å². The molecule has 0 fully saturated rings. The van der Waals surface area contributed by atoms with Crippen molar-refractivity contribution in [1.82, 2.24) is 0 Å². The summed E-state index contributed by atoms with van der Waals surface area (Å²) < 4.78 is 37.9. The highest BCUT2D eigenvalue weighted by Crippen LogP contribution is 2.02. The maximum atomic E-state index is 11.6. The van der Waals surface area contributed by atoms with E-state index in [1.165, 1.54) is 0 Å². The van der Waals surface area contributed by atoms with E-state index in [1.807, 2.05) is 0 Å². The molecule has 0 aromatic rings. The molecule has 0 heterocycles. The zero-order valence-corrected chi connectivity index (χ0v) is 8.78. The average Bonchev–Trinajstić information content (AvgIpc) is 2.11. The van der Waals surface area contributed by atoms with Gasteiger partial charge in [-0.2, -0.15) is 8.42 Å². The van der Waals surface area contributed by atoms with Crippen molar-refractivity contribution in [2.24, 2.45) is 0 Å². The summed E-state index contributed by atoms with van der Waals surface area (Å²) in [6.45, 7) is 1.47. The highest BCUT2D eigenvalue weighted by atomic mass is 32.2. The van der Waals surface area contributed by atoms with Gasteiger partial charge in [0.25, 0.3) is 10.1 Å². The van der Waals surface area contributed by atoms with Crippen LogP contribution in [0.4, 0.5) is 4.39 Å². The van der Waals surface area contributed by atoms with Crippen molar-refractivity contribution in [2.75, 3.05) is 19.0 Å². The number of unbranched alkanes of at least 4 members (excludes halogenated alkanes) is 3. The molecule has 0 unspecified atom stereocenters. The molecule has 0 radical (unpaired) electrons. The Hall–Kier alpha value is -0.160. The van der Waals surface area contributed by atoms with Crippen LogP contribution in [-0.2, 0) is 14.3 Å².